The predicted molar refractivity (Wildman–Crippen MR) is 201 cm³/mol. The third kappa shape index (κ3) is 7.26. The number of aryl methyl sites for hydroxylation is 1. The van der Waals surface area contributed by atoms with Crippen molar-refractivity contribution in [3.05, 3.63) is 69.8 Å². The van der Waals surface area contributed by atoms with Gasteiger partial charge in [0.25, 0.3) is 0 Å². The molecule has 1 fully saturated rings. The first-order valence-electron chi connectivity index (χ1n) is 19.7. The summed E-state index contributed by atoms with van der Waals surface area (Å²) in [5, 5.41) is 43.2. The number of carboxylic acid groups (broad SMARTS) is 1. The van der Waals surface area contributed by atoms with Gasteiger partial charge in [-0.1, -0.05) is 26.8 Å². The minimum absolute atomic E-state index is 0.00169. The highest BCUT2D eigenvalue weighted by Crippen LogP contribution is 2.58. The van der Waals surface area contributed by atoms with Gasteiger partial charge in [0.1, 0.15) is 54.7 Å². The van der Waals surface area contributed by atoms with Crippen molar-refractivity contribution in [3.63, 3.8) is 0 Å². The first kappa shape index (κ1) is 40.0. The van der Waals surface area contributed by atoms with Crippen molar-refractivity contribution in [1.82, 2.24) is 0 Å². The summed E-state index contributed by atoms with van der Waals surface area (Å²) in [6, 6.07) is 11.1. The number of carbonyl (C=O) groups excluding carboxylic acids is 1. The summed E-state index contributed by atoms with van der Waals surface area (Å²) < 4.78 is 42.3. The number of benzene rings is 3. The summed E-state index contributed by atoms with van der Waals surface area (Å²) in [7, 11) is 0. The molecular formula is C42H49NO15. The highest BCUT2D eigenvalue weighted by molar-refractivity contribution is 5.90. The van der Waals surface area contributed by atoms with Crippen LogP contribution in [0.15, 0.2) is 36.4 Å². The SMILES string of the molecule is CCc1cc(O)cc([C@@H]2CC[C@]3(OOc4cc5c(cc42)OC[C@@H]2c4cc6c(c(CC(C)C)c4O[C@H]52)OCO6)[C@H](OCCN)O[C@H](COC(=O)CC(=O)O)[C@@H](O)[C@@H]3O)c1. The lowest BCUT2D eigenvalue weighted by Gasteiger charge is -2.50. The first-order valence-corrected chi connectivity index (χ1v) is 19.7. The Morgan fingerprint density at radius 3 is 2.53 bits per heavy atom. The van der Waals surface area contributed by atoms with Crippen LogP contribution in [0.5, 0.6) is 34.5 Å². The van der Waals surface area contributed by atoms with Gasteiger partial charge in [-0.15, -0.1) is 0 Å². The van der Waals surface area contributed by atoms with Crippen LogP contribution >= 0.6 is 0 Å². The first-order chi connectivity index (χ1) is 27.9. The van der Waals surface area contributed by atoms with Crippen LogP contribution in [-0.2, 0) is 41.5 Å². The molecule has 5 aliphatic heterocycles. The molecule has 0 amide bonds. The summed E-state index contributed by atoms with van der Waals surface area (Å²) in [6.07, 6.45) is -5.87. The quantitative estimate of drug-likeness (QED) is 0.105. The van der Waals surface area contributed by atoms with E-state index in [1.165, 1.54) is 0 Å². The monoisotopic (exact) mass is 807 g/mol. The molecule has 0 unspecified atom stereocenters. The molecule has 8 atom stereocenters. The maximum Gasteiger partial charge on any atom is 0.317 e. The van der Waals surface area contributed by atoms with Crippen LogP contribution in [0.4, 0.5) is 0 Å². The number of rotatable bonds is 11. The second kappa shape index (κ2) is 16.1. The van der Waals surface area contributed by atoms with Crippen LogP contribution in [0.3, 0.4) is 0 Å². The zero-order valence-electron chi connectivity index (χ0n) is 32.5. The molecule has 0 aromatic heterocycles. The molecule has 0 radical (unpaired) electrons. The summed E-state index contributed by atoms with van der Waals surface area (Å²) in [4.78, 5) is 35.6. The number of aliphatic hydroxyl groups excluding tert-OH is 2. The van der Waals surface area contributed by atoms with E-state index in [0.717, 1.165) is 28.0 Å². The van der Waals surface area contributed by atoms with E-state index in [-0.39, 0.29) is 50.2 Å². The van der Waals surface area contributed by atoms with Gasteiger partial charge in [0.15, 0.2) is 29.1 Å². The Bertz CT molecular complexity index is 2060. The number of hydrogen-bond acceptors (Lipinski definition) is 15. The van der Waals surface area contributed by atoms with Gasteiger partial charge in [0.05, 0.1) is 19.1 Å². The average molecular weight is 808 g/mol. The number of phenols is 1. The number of aliphatic carboxylic acids is 1. The van der Waals surface area contributed by atoms with Gasteiger partial charge < -0.3 is 64.2 Å². The average Bonchev–Trinajstić information content (AvgIpc) is 3.82. The van der Waals surface area contributed by atoms with Gasteiger partial charge in [-0.25, -0.2) is 0 Å². The van der Waals surface area contributed by atoms with Gasteiger partial charge in [0.2, 0.25) is 6.79 Å². The number of carbonyl (C=O) groups is 2. The maximum absolute atomic E-state index is 12.1. The van der Waals surface area contributed by atoms with Gasteiger partial charge in [-0.3, -0.25) is 9.59 Å². The van der Waals surface area contributed by atoms with Crippen molar-refractivity contribution in [2.75, 3.05) is 33.2 Å². The number of nitrogens with two attached hydrogens (primary N) is 1. The lowest BCUT2D eigenvalue weighted by Crippen LogP contribution is -2.69. The van der Waals surface area contributed by atoms with E-state index in [1.54, 1.807) is 18.2 Å². The Kier molecular flexibility index (Phi) is 11.1. The van der Waals surface area contributed by atoms with Crippen molar-refractivity contribution in [3.8, 4) is 34.5 Å². The minimum Gasteiger partial charge on any atom is -0.508 e. The molecule has 16 heteroatoms. The molecule has 3 aromatic carbocycles. The molecular weight excluding hydrogens is 758 g/mol. The predicted octanol–water partition coefficient (Wildman–Crippen LogP) is 3.91. The second-order valence-electron chi connectivity index (χ2n) is 15.8. The molecule has 3 aromatic rings. The van der Waals surface area contributed by atoms with E-state index in [1.807, 2.05) is 25.1 Å². The van der Waals surface area contributed by atoms with E-state index >= 15 is 0 Å². The van der Waals surface area contributed by atoms with Crippen LogP contribution in [-0.4, -0.2) is 95.7 Å². The molecule has 8 rings (SSSR count). The lowest BCUT2D eigenvalue weighted by atomic mass is 9.77. The van der Waals surface area contributed by atoms with Crippen molar-refractivity contribution in [1.29, 1.82) is 0 Å². The van der Waals surface area contributed by atoms with E-state index in [9.17, 15) is 24.9 Å². The number of aromatic hydroxyl groups is 1. The van der Waals surface area contributed by atoms with E-state index in [4.69, 9.17) is 53.8 Å². The topological polar surface area (TPSA) is 224 Å². The van der Waals surface area contributed by atoms with Crippen molar-refractivity contribution < 1.29 is 72.9 Å². The van der Waals surface area contributed by atoms with E-state index < -0.39 is 67.2 Å². The standard InChI is InChI=1S/C42H49NO15/c1-4-21-10-22(12-23(44)11-21)24-5-6-42(40(49)36(48)33(55-41(42)50-8-7-43)18-52-35(47)16-34(45)46)58-57-31-15-27-30(13-25(24)31)51-17-29-26-14-32-39(54-19-53-32)28(9-20(2)3)37(26)56-38(27)29/h10-15,20,24,29,33,36,38,40-41,44,48-49H,4-9,16-19,43H2,1-3H3,(H,45,46)/t24-,29+,33+,36+,38+,40-,41+,42+/m0/s1. The van der Waals surface area contributed by atoms with Crippen LogP contribution in [0.25, 0.3) is 0 Å². The molecule has 6 N–H and O–H groups in total. The van der Waals surface area contributed by atoms with Crippen molar-refractivity contribution >= 4 is 11.9 Å². The van der Waals surface area contributed by atoms with Crippen molar-refractivity contribution in [2.24, 2.45) is 11.7 Å². The Labute approximate surface area is 334 Å². The summed E-state index contributed by atoms with van der Waals surface area (Å²) in [5.74, 6) is 0.282. The smallest absolute Gasteiger partial charge is 0.317 e. The van der Waals surface area contributed by atoms with Crippen LogP contribution in [0.2, 0.25) is 0 Å². The Morgan fingerprint density at radius 1 is 0.983 bits per heavy atom. The molecule has 1 spiro atoms. The number of phenolic OH excluding ortho intramolecular Hbond substituents is 1. The van der Waals surface area contributed by atoms with Gasteiger partial charge in [-0.2, -0.15) is 4.89 Å². The van der Waals surface area contributed by atoms with E-state index in [2.05, 4.69) is 13.8 Å². The Hall–Kier alpha value is -4.84. The molecule has 0 aliphatic carbocycles. The van der Waals surface area contributed by atoms with Gasteiger partial charge >= 0.3 is 11.9 Å². The van der Waals surface area contributed by atoms with Crippen LogP contribution in [0, 0.1) is 5.92 Å². The largest absolute Gasteiger partial charge is 0.508 e. The number of esters is 1. The Balaban J connectivity index is 1.18. The number of hydrogen-bond donors (Lipinski definition) is 5. The molecule has 16 nitrogen and oxygen atoms in total. The number of aliphatic hydroxyl groups is 2. The fourth-order valence-corrected chi connectivity index (χ4v) is 8.74. The molecule has 5 aliphatic rings. The molecule has 0 bridgehead atoms. The Morgan fingerprint density at radius 2 is 1.78 bits per heavy atom. The highest BCUT2D eigenvalue weighted by atomic mass is 17.2. The number of carboxylic acids is 1. The molecule has 0 saturated carbocycles. The third-order valence-corrected chi connectivity index (χ3v) is 11.5. The van der Waals surface area contributed by atoms with Gasteiger partial charge in [-0.05, 0) is 73.1 Å². The maximum atomic E-state index is 12.1. The summed E-state index contributed by atoms with van der Waals surface area (Å²) in [6.45, 7) is 6.18. The zero-order valence-corrected chi connectivity index (χ0v) is 32.5. The highest BCUT2D eigenvalue weighted by Gasteiger charge is 2.60. The molecule has 312 valence electrons. The molecule has 1 saturated heterocycles. The number of ether oxygens (including phenoxy) is 7. The number of fused-ring (bicyclic) bond motifs is 7. The summed E-state index contributed by atoms with van der Waals surface area (Å²) in [5.41, 5.74) is 8.91. The minimum atomic E-state index is -1.86. The fraction of sp³-hybridized carbons (Fsp3) is 0.524. The lowest BCUT2D eigenvalue weighted by molar-refractivity contribution is -0.422. The van der Waals surface area contributed by atoms with Crippen molar-refractivity contribution in [2.45, 2.75) is 101 Å². The van der Waals surface area contributed by atoms with Gasteiger partial charge in [0, 0.05) is 34.7 Å². The molecule has 5 heterocycles. The van der Waals surface area contributed by atoms with Crippen LogP contribution < -0.4 is 29.6 Å². The zero-order chi connectivity index (χ0) is 40.9. The summed E-state index contributed by atoms with van der Waals surface area (Å²) >= 11 is 0. The van der Waals surface area contributed by atoms with E-state index in [0.29, 0.717) is 53.7 Å². The third-order valence-electron chi connectivity index (χ3n) is 11.5. The normalized spacial score (nSPS) is 27.9. The fourth-order valence-electron chi connectivity index (χ4n) is 8.74. The second-order valence-corrected chi connectivity index (χ2v) is 15.8. The van der Waals surface area contributed by atoms with Crippen LogP contribution in [0.1, 0.15) is 91.4 Å². The molecule has 58 heavy (non-hydrogen) atoms.